The van der Waals surface area contributed by atoms with Gasteiger partial charge in [-0.1, -0.05) is 0 Å². The summed E-state index contributed by atoms with van der Waals surface area (Å²) in [6, 6.07) is 1.81. The van der Waals surface area contributed by atoms with E-state index in [-0.39, 0.29) is 12.5 Å². The van der Waals surface area contributed by atoms with Crippen molar-refractivity contribution >= 4 is 49.9 Å². The summed E-state index contributed by atoms with van der Waals surface area (Å²) in [5.74, 6) is -1.06. The Bertz CT molecular complexity index is 872. The number of thiophene rings is 1. The second-order valence-electron chi connectivity index (χ2n) is 5.24. The Morgan fingerprint density at radius 2 is 2.29 bits per heavy atom. The highest BCUT2D eigenvalue weighted by atomic mass is 32.1. The van der Waals surface area contributed by atoms with Gasteiger partial charge in [0.15, 0.2) is 4.96 Å². The molecule has 0 unspecified atom stereocenters. The van der Waals surface area contributed by atoms with E-state index in [9.17, 15) is 9.59 Å². The van der Waals surface area contributed by atoms with Crippen molar-refractivity contribution in [3.05, 3.63) is 22.5 Å². The van der Waals surface area contributed by atoms with Crippen molar-refractivity contribution in [2.24, 2.45) is 5.41 Å². The number of hydrogen-bond acceptors (Lipinski definition) is 5. The Balaban J connectivity index is 1.56. The van der Waals surface area contributed by atoms with E-state index in [1.165, 1.54) is 11.3 Å². The molecule has 3 aromatic heterocycles. The van der Waals surface area contributed by atoms with Crippen molar-refractivity contribution < 1.29 is 14.7 Å². The number of aliphatic carboxylic acids is 1. The predicted octanol–water partition coefficient (Wildman–Crippen LogP) is 2.21. The molecule has 1 amide bonds. The molecule has 4 rings (SSSR count). The van der Waals surface area contributed by atoms with Crippen LogP contribution in [0.1, 0.15) is 22.5 Å². The summed E-state index contributed by atoms with van der Waals surface area (Å²) in [5.41, 5.74) is 0.177. The average molecular weight is 321 g/mol. The molecule has 8 heteroatoms. The van der Waals surface area contributed by atoms with Gasteiger partial charge in [-0.2, -0.15) is 0 Å². The molecular weight excluding hydrogens is 310 g/mol. The molecule has 3 heterocycles. The number of nitrogens with one attached hydrogen (secondary N) is 1. The molecule has 3 aromatic rings. The molecule has 0 atom stereocenters. The second kappa shape index (κ2) is 4.28. The molecule has 0 saturated heterocycles. The van der Waals surface area contributed by atoms with Crippen LogP contribution in [-0.2, 0) is 4.79 Å². The van der Waals surface area contributed by atoms with Gasteiger partial charge < -0.3 is 10.4 Å². The number of fused-ring (bicyclic) bond motifs is 3. The largest absolute Gasteiger partial charge is 0.481 e. The van der Waals surface area contributed by atoms with Gasteiger partial charge in [0, 0.05) is 18.1 Å². The van der Waals surface area contributed by atoms with Crippen molar-refractivity contribution in [1.29, 1.82) is 0 Å². The van der Waals surface area contributed by atoms with Crippen molar-refractivity contribution in [1.82, 2.24) is 14.7 Å². The first-order valence-electron chi connectivity index (χ1n) is 6.46. The van der Waals surface area contributed by atoms with Crippen molar-refractivity contribution in [2.75, 3.05) is 6.54 Å². The lowest BCUT2D eigenvalue weighted by atomic mass is 10.1. The lowest BCUT2D eigenvalue weighted by molar-refractivity contribution is -0.143. The molecule has 0 aliphatic heterocycles. The van der Waals surface area contributed by atoms with E-state index < -0.39 is 11.4 Å². The van der Waals surface area contributed by atoms with Crippen LogP contribution in [0.3, 0.4) is 0 Å². The Kier molecular flexibility index (Phi) is 2.61. The van der Waals surface area contributed by atoms with E-state index in [2.05, 4.69) is 10.3 Å². The fraction of sp³-hybridized carbons (Fsp3) is 0.308. The summed E-state index contributed by atoms with van der Waals surface area (Å²) in [6.45, 7) is 0.192. The molecule has 0 bridgehead atoms. The van der Waals surface area contributed by atoms with Crippen LogP contribution in [0.15, 0.2) is 17.6 Å². The molecule has 0 spiro atoms. The van der Waals surface area contributed by atoms with E-state index in [0.717, 1.165) is 15.3 Å². The molecule has 108 valence electrons. The fourth-order valence-corrected chi connectivity index (χ4v) is 4.03. The summed E-state index contributed by atoms with van der Waals surface area (Å²) in [7, 11) is 0. The number of imidazole rings is 1. The Labute approximate surface area is 127 Å². The van der Waals surface area contributed by atoms with Gasteiger partial charge in [0.1, 0.15) is 4.83 Å². The number of amides is 1. The number of carbonyl (C=O) groups excluding carboxylic acids is 1. The zero-order valence-electron chi connectivity index (χ0n) is 10.8. The first-order valence-corrected chi connectivity index (χ1v) is 8.15. The summed E-state index contributed by atoms with van der Waals surface area (Å²) in [4.78, 5) is 30.0. The Morgan fingerprint density at radius 1 is 1.48 bits per heavy atom. The summed E-state index contributed by atoms with van der Waals surface area (Å²) in [6.07, 6.45) is 3.19. The van der Waals surface area contributed by atoms with Gasteiger partial charge in [-0.25, -0.2) is 4.98 Å². The van der Waals surface area contributed by atoms with Crippen LogP contribution in [0.2, 0.25) is 0 Å². The first-order chi connectivity index (χ1) is 10.1. The number of nitrogens with zero attached hydrogens (tertiary/aromatic N) is 2. The normalized spacial score (nSPS) is 16.4. The third-order valence-corrected chi connectivity index (χ3v) is 5.63. The van der Waals surface area contributed by atoms with Gasteiger partial charge in [0.05, 0.1) is 15.8 Å². The molecule has 1 saturated carbocycles. The van der Waals surface area contributed by atoms with Crippen LogP contribution in [0, 0.1) is 5.41 Å². The van der Waals surface area contributed by atoms with Crippen molar-refractivity contribution in [2.45, 2.75) is 12.8 Å². The molecule has 21 heavy (non-hydrogen) atoms. The third kappa shape index (κ3) is 1.94. The Morgan fingerprint density at radius 3 is 3.00 bits per heavy atom. The molecule has 2 N–H and O–H groups in total. The standard InChI is InChI=1S/C13H11N3O3S2/c17-9(14-6-13(1-2-13)11(18)19)8-5-7-10(21-8)15-12-16(7)3-4-20-12/h3-5H,1-2,6H2,(H,14,17)(H,18,19). The zero-order valence-corrected chi connectivity index (χ0v) is 12.5. The highest BCUT2D eigenvalue weighted by Crippen LogP contribution is 2.45. The maximum atomic E-state index is 12.2. The quantitative estimate of drug-likeness (QED) is 0.771. The van der Waals surface area contributed by atoms with Gasteiger partial charge in [0.25, 0.3) is 5.91 Å². The number of thiazole rings is 1. The molecule has 1 aliphatic carbocycles. The summed E-state index contributed by atoms with van der Waals surface area (Å²) >= 11 is 2.88. The van der Waals surface area contributed by atoms with Crippen LogP contribution in [0.25, 0.3) is 15.3 Å². The second-order valence-corrected chi connectivity index (χ2v) is 7.14. The number of hydrogen-bond donors (Lipinski definition) is 2. The number of carboxylic acids is 1. The molecule has 1 fully saturated rings. The minimum atomic E-state index is -0.829. The summed E-state index contributed by atoms with van der Waals surface area (Å²) < 4.78 is 1.95. The maximum Gasteiger partial charge on any atom is 0.311 e. The SMILES string of the molecule is O=C(NCC1(C(=O)O)CC1)c1cc2c(nc3sccn32)s1. The molecule has 6 nitrogen and oxygen atoms in total. The van der Waals surface area contributed by atoms with Crippen LogP contribution in [0.5, 0.6) is 0 Å². The monoisotopic (exact) mass is 321 g/mol. The minimum Gasteiger partial charge on any atom is -0.481 e. The lowest BCUT2D eigenvalue weighted by Crippen LogP contribution is -2.33. The van der Waals surface area contributed by atoms with E-state index >= 15 is 0 Å². The van der Waals surface area contributed by atoms with E-state index in [4.69, 9.17) is 5.11 Å². The van der Waals surface area contributed by atoms with Gasteiger partial charge in [-0.3, -0.25) is 14.0 Å². The highest BCUT2D eigenvalue weighted by Gasteiger charge is 2.50. The maximum absolute atomic E-state index is 12.2. The van der Waals surface area contributed by atoms with Gasteiger partial charge in [-0.05, 0) is 18.9 Å². The Hall–Kier alpha value is -1.93. The van der Waals surface area contributed by atoms with Crippen LogP contribution >= 0.6 is 22.7 Å². The summed E-state index contributed by atoms with van der Waals surface area (Å²) in [5, 5.41) is 13.8. The minimum absolute atomic E-state index is 0.192. The van der Waals surface area contributed by atoms with Crippen LogP contribution < -0.4 is 5.32 Å². The van der Waals surface area contributed by atoms with Crippen molar-refractivity contribution in [3.8, 4) is 0 Å². The molecule has 0 aromatic carbocycles. The lowest BCUT2D eigenvalue weighted by Gasteiger charge is -2.09. The smallest absolute Gasteiger partial charge is 0.311 e. The molecule has 1 aliphatic rings. The van der Waals surface area contributed by atoms with E-state index in [1.54, 1.807) is 11.3 Å². The highest BCUT2D eigenvalue weighted by molar-refractivity contribution is 7.21. The van der Waals surface area contributed by atoms with Gasteiger partial charge in [-0.15, -0.1) is 22.7 Å². The van der Waals surface area contributed by atoms with E-state index in [1.807, 2.05) is 22.0 Å². The fourth-order valence-electron chi connectivity index (χ4n) is 2.31. The van der Waals surface area contributed by atoms with Gasteiger partial charge in [0.2, 0.25) is 0 Å². The number of aromatic nitrogens is 2. The third-order valence-electron chi connectivity index (χ3n) is 3.86. The van der Waals surface area contributed by atoms with Crippen LogP contribution in [0.4, 0.5) is 0 Å². The zero-order chi connectivity index (χ0) is 14.6. The number of rotatable bonds is 4. The topological polar surface area (TPSA) is 83.7 Å². The predicted molar refractivity (Wildman–Crippen MR) is 80.1 cm³/mol. The molecular formula is C13H11N3O3S2. The van der Waals surface area contributed by atoms with Crippen LogP contribution in [-0.4, -0.2) is 32.9 Å². The average Bonchev–Trinajstić information content (AvgIpc) is 2.78. The number of carboxylic acid groups (broad SMARTS) is 1. The first kappa shape index (κ1) is 12.8. The van der Waals surface area contributed by atoms with E-state index in [0.29, 0.717) is 17.7 Å². The molecule has 0 radical (unpaired) electrons. The van der Waals surface area contributed by atoms with Gasteiger partial charge >= 0.3 is 5.97 Å². The van der Waals surface area contributed by atoms with Crippen molar-refractivity contribution in [3.63, 3.8) is 0 Å². The number of carbonyl (C=O) groups is 2.